The third kappa shape index (κ3) is 1.88. The fraction of sp³-hybridized carbons (Fsp3) is 0.294. The van der Waals surface area contributed by atoms with Gasteiger partial charge in [0.05, 0.1) is 5.69 Å². The minimum absolute atomic E-state index is 1.06. The predicted octanol–water partition coefficient (Wildman–Crippen LogP) is 4.81. The van der Waals surface area contributed by atoms with Crippen molar-refractivity contribution in [3.63, 3.8) is 0 Å². The molecule has 0 unspecified atom stereocenters. The van der Waals surface area contributed by atoms with Crippen LogP contribution in [0.5, 0.6) is 0 Å². The molecule has 0 radical (unpaired) electrons. The molecule has 2 heteroatoms. The molecule has 1 aliphatic carbocycles. The second kappa shape index (κ2) is 4.82. The SMILES string of the molecule is C/C=C1/Cc2c(n(C)c3ccc(C)cc23)/C1=C/CI. The van der Waals surface area contributed by atoms with E-state index >= 15 is 0 Å². The van der Waals surface area contributed by atoms with E-state index in [0.717, 1.165) is 10.8 Å². The van der Waals surface area contributed by atoms with Crippen molar-refractivity contribution in [2.45, 2.75) is 20.3 Å². The zero-order chi connectivity index (χ0) is 13.6. The number of benzene rings is 1. The largest absolute Gasteiger partial charge is 0.343 e. The van der Waals surface area contributed by atoms with Gasteiger partial charge >= 0.3 is 0 Å². The monoisotopic (exact) mass is 363 g/mol. The Kier molecular flexibility index (Phi) is 3.29. The lowest BCUT2D eigenvalue weighted by atomic mass is 10.1. The van der Waals surface area contributed by atoms with Crippen molar-refractivity contribution in [2.24, 2.45) is 7.05 Å². The van der Waals surface area contributed by atoms with E-state index in [9.17, 15) is 0 Å². The molecule has 1 heterocycles. The quantitative estimate of drug-likeness (QED) is 0.506. The molecule has 0 bridgehead atoms. The minimum Gasteiger partial charge on any atom is -0.343 e. The van der Waals surface area contributed by atoms with Gasteiger partial charge in [-0.2, -0.15) is 0 Å². The minimum atomic E-state index is 1.06. The summed E-state index contributed by atoms with van der Waals surface area (Å²) in [5.74, 6) is 0. The van der Waals surface area contributed by atoms with E-state index in [1.165, 1.54) is 38.9 Å². The highest BCUT2D eigenvalue weighted by molar-refractivity contribution is 14.1. The second-order valence-corrected chi connectivity index (χ2v) is 6.05. The van der Waals surface area contributed by atoms with Crippen molar-refractivity contribution in [2.75, 3.05) is 4.43 Å². The third-order valence-electron chi connectivity index (χ3n) is 4.06. The third-order valence-corrected chi connectivity index (χ3v) is 4.50. The van der Waals surface area contributed by atoms with Crippen LogP contribution >= 0.6 is 22.6 Å². The molecule has 0 aliphatic heterocycles. The van der Waals surface area contributed by atoms with Crippen LogP contribution < -0.4 is 0 Å². The second-order valence-electron chi connectivity index (χ2n) is 5.17. The number of allylic oxidation sites excluding steroid dienone is 4. The van der Waals surface area contributed by atoms with Crippen molar-refractivity contribution < 1.29 is 0 Å². The van der Waals surface area contributed by atoms with Gasteiger partial charge in [0.1, 0.15) is 0 Å². The number of halogens is 1. The van der Waals surface area contributed by atoms with Crippen LogP contribution in [0, 0.1) is 6.92 Å². The first kappa shape index (κ1) is 13.0. The van der Waals surface area contributed by atoms with Crippen molar-refractivity contribution in [1.29, 1.82) is 0 Å². The van der Waals surface area contributed by atoms with Gasteiger partial charge < -0.3 is 4.57 Å². The van der Waals surface area contributed by atoms with Crippen LogP contribution in [-0.4, -0.2) is 8.99 Å². The summed E-state index contributed by atoms with van der Waals surface area (Å²) >= 11 is 2.42. The lowest BCUT2D eigenvalue weighted by Gasteiger charge is -2.06. The molecule has 1 nitrogen and oxygen atoms in total. The maximum atomic E-state index is 2.42. The highest BCUT2D eigenvalue weighted by Gasteiger charge is 2.26. The van der Waals surface area contributed by atoms with E-state index in [1.54, 1.807) is 0 Å². The van der Waals surface area contributed by atoms with Crippen molar-refractivity contribution in [3.8, 4) is 0 Å². The Morgan fingerprint density at radius 2 is 2.16 bits per heavy atom. The van der Waals surface area contributed by atoms with E-state index in [2.05, 4.69) is 78.4 Å². The Morgan fingerprint density at radius 3 is 2.84 bits per heavy atom. The molecule has 0 fully saturated rings. The number of rotatable bonds is 1. The molecule has 1 aliphatic rings. The molecule has 98 valence electrons. The van der Waals surface area contributed by atoms with Gasteiger partial charge in [0.15, 0.2) is 0 Å². The van der Waals surface area contributed by atoms with Gasteiger partial charge in [0.2, 0.25) is 0 Å². The van der Waals surface area contributed by atoms with Crippen LogP contribution in [0.15, 0.2) is 35.9 Å². The molecule has 0 atom stereocenters. The van der Waals surface area contributed by atoms with E-state index in [1.807, 2.05) is 0 Å². The molecule has 0 saturated carbocycles. The van der Waals surface area contributed by atoms with Gasteiger partial charge in [0, 0.05) is 28.8 Å². The first-order chi connectivity index (χ1) is 9.17. The molecule has 0 amide bonds. The van der Waals surface area contributed by atoms with Crippen molar-refractivity contribution in [1.82, 2.24) is 4.57 Å². The number of fused-ring (bicyclic) bond motifs is 3. The lowest BCUT2D eigenvalue weighted by Crippen LogP contribution is -1.94. The Morgan fingerprint density at radius 1 is 1.37 bits per heavy atom. The molecular formula is C17H18IN. The molecule has 2 aromatic rings. The zero-order valence-corrected chi connectivity index (χ0v) is 13.8. The average molecular weight is 363 g/mol. The number of nitrogens with zero attached hydrogens (tertiary/aromatic N) is 1. The first-order valence-electron chi connectivity index (χ1n) is 6.67. The zero-order valence-electron chi connectivity index (χ0n) is 11.6. The average Bonchev–Trinajstić information content (AvgIpc) is 2.88. The molecule has 0 N–H and O–H groups in total. The number of aryl methyl sites for hydroxylation is 2. The number of aromatic nitrogens is 1. The van der Waals surface area contributed by atoms with Crippen LogP contribution in [0.3, 0.4) is 0 Å². The van der Waals surface area contributed by atoms with Crippen LogP contribution in [-0.2, 0) is 13.5 Å². The van der Waals surface area contributed by atoms with Crippen LogP contribution in [0.1, 0.15) is 23.7 Å². The Hall–Kier alpha value is -1.03. The molecular weight excluding hydrogens is 345 g/mol. The lowest BCUT2D eigenvalue weighted by molar-refractivity contribution is 0.948. The maximum Gasteiger partial charge on any atom is 0.0524 e. The summed E-state index contributed by atoms with van der Waals surface area (Å²) in [6, 6.07) is 6.78. The fourth-order valence-corrected chi connectivity index (χ4v) is 3.60. The molecule has 0 spiro atoms. The highest BCUT2D eigenvalue weighted by atomic mass is 127. The summed E-state index contributed by atoms with van der Waals surface area (Å²) in [6.07, 6.45) is 5.70. The summed E-state index contributed by atoms with van der Waals surface area (Å²) in [7, 11) is 2.19. The standard InChI is InChI=1S/C17H18IN/c1-4-12-10-15-14-9-11(2)5-6-16(14)19(3)17(15)13(12)7-8-18/h4-7,9H,8,10H2,1-3H3/b12-4-,13-7+. The Bertz CT molecular complexity index is 716. The van der Waals surface area contributed by atoms with Gasteiger partial charge in [-0.05, 0) is 42.7 Å². The van der Waals surface area contributed by atoms with E-state index in [-0.39, 0.29) is 0 Å². The van der Waals surface area contributed by atoms with Crippen molar-refractivity contribution in [3.05, 3.63) is 52.7 Å². The fourth-order valence-electron chi connectivity index (χ4n) is 3.16. The Labute approximate surface area is 128 Å². The Balaban J connectivity index is 2.36. The van der Waals surface area contributed by atoms with Gasteiger partial charge in [-0.15, -0.1) is 0 Å². The van der Waals surface area contributed by atoms with Crippen LogP contribution in [0.2, 0.25) is 0 Å². The summed E-state index contributed by atoms with van der Waals surface area (Å²) < 4.78 is 3.42. The van der Waals surface area contributed by atoms with Gasteiger partial charge in [-0.1, -0.05) is 46.4 Å². The van der Waals surface area contributed by atoms with Gasteiger partial charge in [0.25, 0.3) is 0 Å². The molecule has 0 saturated heterocycles. The molecule has 1 aromatic heterocycles. The van der Waals surface area contributed by atoms with Crippen LogP contribution in [0.25, 0.3) is 16.5 Å². The van der Waals surface area contributed by atoms with Gasteiger partial charge in [-0.3, -0.25) is 0 Å². The maximum absolute atomic E-state index is 2.42. The summed E-state index contributed by atoms with van der Waals surface area (Å²) in [4.78, 5) is 0. The van der Waals surface area contributed by atoms with Gasteiger partial charge in [-0.25, -0.2) is 0 Å². The topological polar surface area (TPSA) is 4.93 Å². The highest BCUT2D eigenvalue weighted by Crippen LogP contribution is 2.42. The summed E-state index contributed by atoms with van der Waals surface area (Å²) in [5.41, 5.74) is 8.53. The molecule has 1 aromatic carbocycles. The van der Waals surface area contributed by atoms with Crippen LogP contribution in [0.4, 0.5) is 0 Å². The normalized spacial score (nSPS) is 18.7. The predicted molar refractivity (Wildman–Crippen MR) is 92.0 cm³/mol. The molecule has 19 heavy (non-hydrogen) atoms. The summed E-state index contributed by atoms with van der Waals surface area (Å²) in [6.45, 7) is 4.32. The van der Waals surface area contributed by atoms with E-state index in [4.69, 9.17) is 0 Å². The summed E-state index contributed by atoms with van der Waals surface area (Å²) in [5, 5.41) is 1.42. The van der Waals surface area contributed by atoms with Crippen molar-refractivity contribution >= 4 is 39.1 Å². The van der Waals surface area contributed by atoms with E-state index < -0.39 is 0 Å². The van der Waals surface area contributed by atoms with E-state index in [0.29, 0.717) is 0 Å². The first-order valence-corrected chi connectivity index (χ1v) is 8.20. The number of hydrogen-bond donors (Lipinski definition) is 0. The smallest absolute Gasteiger partial charge is 0.0524 e. The number of alkyl halides is 1. The molecule has 3 rings (SSSR count). The number of hydrogen-bond acceptors (Lipinski definition) is 0.